The number of amides is 1. The van der Waals surface area contributed by atoms with Crippen molar-refractivity contribution in [3.63, 3.8) is 0 Å². The van der Waals surface area contributed by atoms with Crippen LogP contribution in [0.2, 0.25) is 0 Å². The molecule has 294 valence electrons. The molecule has 5 aromatic rings. The van der Waals surface area contributed by atoms with Crippen molar-refractivity contribution in [3.05, 3.63) is 90.4 Å². The number of ether oxygens (including phenoxy) is 4. The number of methoxy groups -OCH3 is 1. The first-order chi connectivity index (χ1) is 27.0. The highest BCUT2D eigenvalue weighted by Gasteiger charge is 2.29. The monoisotopic (exact) mass is 763 g/mol. The van der Waals surface area contributed by atoms with Gasteiger partial charge in [0.25, 0.3) is 0 Å². The van der Waals surface area contributed by atoms with E-state index in [0.717, 1.165) is 29.7 Å². The van der Waals surface area contributed by atoms with E-state index in [4.69, 9.17) is 29.0 Å². The van der Waals surface area contributed by atoms with Crippen molar-refractivity contribution in [3.8, 4) is 23.0 Å². The molecule has 15 nitrogen and oxygen atoms in total. The van der Waals surface area contributed by atoms with Gasteiger partial charge in [-0.25, -0.2) is 14.3 Å². The van der Waals surface area contributed by atoms with Gasteiger partial charge >= 0.3 is 5.97 Å². The Hall–Kier alpha value is -5.96. The fourth-order valence-electron chi connectivity index (χ4n) is 6.36. The van der Waals surface area contributed by atoms with Crippen LogP contribution in [-0.4, -0.2) is 97.3 Å². The van der Waals surface area contributed by atoms with E-state index in [2.05, 4.69) is 27.6 Å². The minimum atomic E-state index is -0.623. The molecule has 2 aliphatic rings. The summed E-state index contributed by atoms with van der Waals surface area (Å²) in [6, 6.07) is 17.6. The molecule has 1 unspecified atom stereocenters. The molecule has 1 N–H and O–H groups in total. The molecule has 1 amide bonds. The van der Waals surface area contributed by atoms with Gasteiger partial charge in [-0.3, -0.25) is 14.5 Å². The first kappa shape index (κ1) is 38.3. The highest BCUT2D eigenvalue weighted by molar-refractivity contribution is 5.94. The van der Waals surface area contributed by atoms with Gasteiger partial charge in [0.1, 0.15) is 35.0 Å². The van der Waals surface area contributed by atoms with E-state index in [0.29, 0.717) is 60.1 Å². The Kier molecular flexibility index (Phi) is 11.5. The topological polar surface area (TPSA) is 151 Å². The van der Waals surface area contributed by atoms with Crippen molar-refractivity contribution in [1.29, 1.82) is 0 Å². The molecule has 0 radical (unpaired) electrons. The Morgan fingerprint density at radius 3 is 2.46 bits per heavy atom. The molecule has 1 aliphatic carbocycles. The van der Waals surface area contributed by atoms with Crippen LogP contribution in [0.25, 0.3) is 11.0 Å². The number of aromatic nitrogens is 6. The van der Waals surface area contributed by atoms with E-state index >= 15 is 0 Å². The fourth-order valence-corrected chi connectivity index (χ4v) is 6.36. The molecule has 1 aliphatic heterocycles. The van der Waals surface area contributed by atoms with Gasteiger partial charge in [0.05, 0.1) is 31.0 Å². The molecule has 1 saturated heterocycles. The quantitative estimate of drug-likeness (QED) is 0.0976. The molecule has 0 bridgehead atoms. The zero-order valence-electron chi connectivity index (χ0n) is 32.6. The number of likely N-dealkylation sites (N-methyl/N-ethyl adjacent to an activating group) is 1. The van der Waals surface area contributed by atoms with E-state index < -0.39 is 5.41 Å². The summed E-state index contributed by atoms with van der Waals surface area (Å²) in [5.74, 6) is 2.89. The molecule has 2 aromatic carbocycles. The Labute approximate surface area is 326 Å². The van der Waals surface area contributed by atoms with E-state index in [-0.39, 0.29) is 31.3 Å². The number of hydrogen-bond donors (Lipinski definition) is 1. The number of nitrogens with one attached hydrogen (secondary N) is 1. The van der Waals surface area contributed by atoms with Crippen LogP contribution in [0.15, 0.2) is 79.1 Å². The molecular weight excluding hydrogens is 715 g/mol. The Morgan fingerprint density at radius 2 is 1.73 bits per heavy atom. The van der Waals surface area contributed by atoms with Gasteiger partial charge in [0.2, 0.25) is 5.91 Å². The first-order valence-corrected chi connectivity index (χ1v) is 18.9. The van der Waals surface area contributed by atoms with Crippen LogP contribution in [0, 0.1) is 5.41 Å². The fraction of sp³-hybridized carbons (Fsp3) is 0.415. The molecule has 56 heavy (non-hydrogen) atoms. The van der Waals surface area contributed by atoms with Gasteiger partial charge in [0.15, 0.2) is 18.2 Å². The number of hydrogen-bond acceptors (Lipinski definition) is 12. The van der Waals surface area contributed by atoms with Crippen molar-refractivity contribution in [2.45, 2.75) is 72.0 Å². The molecule has 15 heteroatoms. The number of nitrogens with zero attached hydrogens (tertiary/aromatic N) is 8. The Balaban J connectivity index is 1.05. The van der Waals surface area contributed by atoms with Crippen LogP contribution in [-0.2, 0) is 34.2 Å². The van der Waals surface area contributed by atoms with Crippen LogP contribution in [0.5, 0.6) is 23.0 Å². The van der Waals surface area contributed by atoms with Gasteiger partial charge in [-0.1, -0.05) is 23.4 Å². The number of carbonyl (C=O) groups excluding carboxylic acids is 2. The number of esters is 1. The number of benzene rings is 2. The van der Waals surface area contributed by atoms with Gasteiger partial charge in [-0.2, -0.15) is 5.10 Å². The first-order valence-electron chi connectivity index (χ1n) is 18.9. The SMILES string of the molecule is COc1ccc(Cn2nc(NC3CCN(C(=O)C=CCN(C)C4CC4)C3)c3c(Oc4ccc(OCc5cnnn5COC(=O)C(C)(C)C)cc4)ccnc32)cc1. The van der Waals surface area contributed by atoms with Crippen molar-refractivity contribution >= 4 is 28.7 Å². The van der Waals surface area contributed by atoms with E-state index in [1.807, 2.05) is 70.3 Å². The summed E-state index contributed by atoms with van der Waals surface area (Å²) < 4.78 is 26.6. The lowest BCUT2D eigenvalue weighted by atomic mass is 9.98. The predicted molar refractivity (Wildman–Crippen MR) is 209 cm³/mol. The maximum atomic E-state index is 13.1. The smallest absolute Gasteiger partial charge is 0.313 e. The van der Waals surface area contributed by atoms with E-state index in [9.17, 15) is 9.59 Å². The summed E-state index contributed by atoms with van der Waals surface area (Å²) in [6.07, 6.45) is 10.2. The zero-order chi connectivity index (χ0) is 39.2. The lowest BCUT2D eigenvalue weighted by Crippen LogP contribution is -2.30. The Morgan fingerprint density at radius 1 is 0.982 bits per heavy atom. The number of likely N-dealkylation sites (tertiary alicyclic amines) is 1. The van der Waals surface area contributed by atoms with Crippen LogP contribution in [0.3, 0.4) is 0 Å². The molecule has 2 fully saturated rings. The predicted octanol–water partition coefficient (Wildman–Crippen LogP) is 5.66. The third-order valence-corrected chi connectivity index (χ3v) is 9.82. The van der Waals surface area contributed by atoms with Crippen LogP contribution in [0.4, 0.5) is 5.82 Å². The summed E-state index contributed by atoms with van der Waals surface area (Å²) in [5, 5.41) is 17.3. The summed E-state index contributed by atoms with van der Waals surface area (Å²) in [4.78, 5) is 34.2. The van der Waals surface area contributed by atoms with Gasteiger partial charge in [0, 0.05) is 50.1 Å². The maximum absolute atomic E-state index is 13.1. The largest absolute Gasteiger partial charge is 0.497 e. The minimum absolute atomic E-state index is 0.00411. The van der Waals surface area contributed by atoms with Crippen molar-refractivity contribution in [1.82, 2.24) is 39.6 Å². The summed E-state index contributed by atoms with van der Waals surface area (Å²) in [6.45, 7) is 7.97. The standard InChI is InChI=1S/C41H49N9O6/c1-41(2,3)40(52)55-27-50-31(23-43-46-50)26-54-33-14-16-34(17-15-33)56-35-18-20-42-39-37(35)38(45-49(39)24-28-8-12-32(53-5)13-9-28)44-29-19-22-48(25-29)36(51)7-6-21-47(4)30-10-11-30/h6-9,12-18,20,23,29-30H,10-11,19,21-22,24-27H2,1-5H3,(H,44,45). The lowest BCUT2D eigenvalue weighted by molar-refractivity contribution is -0.157. The second-order valence-corrected chi connectivity index (χ2v) is 15.2. The average molecular weight is 764 g/mol. The summed E-state index contributed by atoms with van der Waals surface area (Å²) in [7, 11) is 3.75. The Bertz CT molecular complexity index is 2150. The van der Waals surface area contributed by atoms with Gasteiger partial charge < -0.3 is 29.2 Å². The van der Waals surface area contributed by atoms with E-state index in [1.54, 1.807) is 46.4 Å². The lowest BCUT2D eigenvalue weighted by Gasteiger charge is -2.17. The van der Waals surface area contributed by atoms with Gasteiger partial charge in [-0.05, 0) is 89.0 Å². The van der Waals surface area contributed by atoms with Crippen molar-refractivity contribution in [2.75, 3.05) is 39.1 Å². The van der Waals surface area contributed by atoms with Crippen molar-refractivity contribution < 1.29 is 28.5 Å². The van der Waals surface area contributed by atoms with Crippen molar-refractivity contribution in [2.24, 2.45) is 5.41 Å². The zero-order valence-corrected chi connectivity index (χ0v) is 32.6. The number of carbonyl (C=O) groups is 2. The molecule has 1 saturated carbocycles. The average Bonchev–Trinajstić information content (AvgIpc) is 3.61. The molecule has 7 rings (SSSR count). The second kappa shape index (κ2) is 16.8. The third-order valence-electron chi connectivity index (χ3n) is 9.82. The molecular formula is C41H49N9O6. The molecule has 3 aromatic heterocycles. The van der Waals surface area contributed by atoms with Gasteiger partial charge in [-0.15, -0.1) is 5.10 Å². The summed E-state index contributed by atoms with van der Waals surface area (Å²) in [5.41, 5.74) is 1.72. The molecule has 0 spiro atoms. The summed E-state index contributed by atoms with van der Waals surface area (Å²) >= 11 is 0. The second-order valence-electron chi connectivity index (χ2n) is 15.2. The number of anilines is 1. The number of fused-ring (bicyclic) bond motifs is 1. The molecule has 4 heterocycles. The van der Waals surface area contributed by atoms with E-state index in [1.165, 1.54) is 17.5 Å². The van der Waals surface area contributed by atoms with Crippen LogP contribution in [0.1, 0.15) is 51.3 Å². The maximum Gasteiger partial charge on any atom is 0.313 e. The minimum Gasteiger partial charge on any atom is -0.497 e. The van der Waals surface area contributed by atoms with Crippen LogP contribution < -0.4 is 19.5 Å². The highest BCUT2D eigenvalue weighted by atomic mass is 16.5. The van der Waals surface area contributed by atoms with Crippen LogP contribution >= 0.6 is 0 Å². The normalized spacial score (nSPS) is 15.8. The number of pyridine rings is 1. The number of rotatable bonds is 16. The third kappa shape index (κ3) is 9.45. The highest BCUT2D eigenvalue weighted by Crippen LogP contribution is 2.36. The molecule has 1 atom stereocenters.